The van der Waals surface area contributed by atoms with Crippen LogP contribution in [0.25, 0.3) is 0 Å². The molecule has 1 aromatic heterocycles. The van der Waals surface area contributed by atoms with Gasteiger partial charge in [0.2, 0.25) is 5.91 Å². The van der Waals surface area contributed by atoms with E-state index in [2.05, 4.69) is 10.3 Å². The van der Waals surface area contributed by atoms with Crippen LogP contribution in [-0.2, 0) is 9.53 Å². The minimum absolute atomic E-state index is 0.0192. The summed E-state index contributed by atoms with van der Waals surface area (Å²) in [5.74, 6) is 1.30. The average Bonchev–Trinajstić information content (AvgIpc) is 3.47. The zero-order chi connectivity index (χ0) is 17.4. The lowest BCUT2D eigenvalue weighted by Crippen LogP contribution is -2.42. The number of carbonyl (C=O) groups excluding carboxylic acids is 2. The van der Waals surface area contributed by atoms with Crippen molar-refractivity contribution in [3.8, 4) is 0 Å². The van der Waals surface area contributed by atoms with Crippen molar-refractivity contribution in [2.24, 2.45) is 5.92 Å². The molecule has 0 unspecified atom stereocenters. The van der Waals surface area contributed by atoms with E-state index in [0.29, 0.717) is 30.4 Å². The minimum Gasteiger partial charge on any atom is -0.381 e. The summed E-state index contributed by atoms with van der Waals surface area (Å²) >= 11 is 0. The van der Waals surface area contributed by atoms with Crippen LogP contribution in [-0.4, -0.2) is 61.1 Å². The lowest BCUT2D eigenvalue weighted by atomic mass is 10.1. The molecule has 25 heavy (non-hydrogen) atoms. The van der Waals surface area contributed by atoms with Gasteiger partial charge in [-0.15, -0.1) is 0 Å². The summed E-state index contributed by atoms with van der Waals surface area (Å²) in [6, 6.07) is 1.82. The molecule has 1 aromatic rings. The Hall–Kier alpha value is -2.15. The van der Waals surface area contributed by atoms with Crippen molar-refractivity contribution < 1.29 is 14.3 Å². The third-order valence-electron chi connectivity index (χ3n) is 5.31. The van der Waals surface area contributed by atoms with Gasteiger partial charge in [-0.3, -0.25) is 9.59 Å². The number of carbonyl (C=O) groups is 2. The van der Waals surface area contributed by atoms with E-state index in [4.69, 9.17) is 4.74 Å². The van der Waals surface area contributed by atoms with Gasteiger partial charge in [-0.05, 0) is 37.7 Å². The van der Waals surface area contributed by atoms with Crippen molar-refractivity contribution in [3.63, 3.8) is 0 Å². The van der Waals surface area contributed by atoms with Crippen molar-refractivity contribution in [2.45, 2.75) is 31.8 Å². The number of hydrogen-bond acceptors (Lipinski definition) is 5. The molecule has 1 saturated heterocycles. The molecule has 2 fully saturated rings. The van der Waals surface area contributed by atoms with Gasteiger partial charge in [-0.1, -0.05) is 0 Å². The fourth-order valence-electron chi connectivity index (χ4n) is 3.54. The molecule has 1 aliphatic carbocycles. The van der Waals surface area contributed by atoms with E-state index in [9.17, 15) is 9.59 Å². The summed E-state index contributed by atoms with van der Waals surface area (Å²) < 4.78 is 5.37. The second-order valence-electron chi connectivity index (χ2n) is 7.12. The molecule has 0 spiro atoms. The van der Waals surface area contributed by atoms with Crippen LogP contribution >= 0.6 is 0 Å². The molecule has 7 heteroatoms. The Kier molecular flexibility index (Phi) is 4.33. The third kappa shape index (κ3) is 3.33. The second kappa shape index (κ2) is 6.63. The van der Waals surface area contributed by atoms with E-state index in [-0.39, 0.29) is 24.5 Å². The first-order chi connectivity index (χ1) is 12.2. The van der Waals surface area contributed by atoms with Crippen LogP contribution in [0.3, 0.4) is 0 Å². The van der Waals surface area contributed by atoms with E-state index in [1.54, 1.807) is 18.2 Å². The van der Waals surface area contributed by atoms with Crippen LogP contribution in [0.5, 0.6) is 0 Å². The molecule has 134 valence electrons. The summed E-state index contributed by atoms with van der Waals surface area (Å²) in [5, 5.41) is 3.05. The first kappa shape index (κ1) is 16.3. The number of hydrogen-bond donors (Lipinski definition) is 1. The largest absolute Gasteiger partial charge is 0.381 e. The van der Waals surface area contributed by atoms with Gasteiger partial charge in [0.15, 0.2) is 0 Å². The van der Waals surface area contributed by atoms with Crippen LogP contribution < -0.4 is 10.2 Å². The Morgan fingerprint density at radius 1 is 1.32 bits per heavy atom. The van der Waals surface area contributed by atoms with Crippen molar-refractivity contribution in [3.05, 3.63) is 17.8 Å². The van der Waals surface area contributed by atoms with Gasteiger partial charge in [0.1, 0.15) is 5.82 Å². The van der Waals surface area contributed by atoms with Gasteiger partial charge in [0.25, 0.3) is 5.91 Å². The zero-order valence-corrected chi connectivity index (χ0v) is 14.5. The molecule has 7 nitrogen and oxygen atoms in total. The fourth-order valence-corrected chi connectivity index (χ4v) is 3.54. The van der Waals surface area contributed by atoms with Gasteiger partial charge in [-0.25, -0.2) is 4.98 Å². The molecule has 2 amide bonds. The van der Waals surface area contributed by atoms with Gasteiger partial charge < -0.3 is 19.9 Å². The number of rotatable bonds is 4. The van der Waals surface area contributed by atoms with E-state index >= 15 is 0 Å². The SMILES string of the molecule is COC1CCN(C(=O)c2cnc3c(c2)N(CC2CC2)C(=O)CN3)CC1. The van der Waals surface area contributed by atoms with Crippen molar-refractivity contribution >= 4 is 23.3 Å². The molecular formula is C18H24N4O3. The highest BCUT2D eigenvalue weighted by Crippen LogP contribution is 2.35. The molecular weight excluding hydrogens is 320 g/mol. The highest BCUT2D eigenvalue weighted by atomic mass is 16.5. The Balaban J connectivity index is 1.54. The van der Waals surface area contributed by atoms with Crippen molar-refractivity contribution in [1.29, 1.82) is 0 Å². The molecule has 0 atom stereocenters. The summed E-state index contributed by atoms with van der Waals surface area (Å²) in [6.45, 7) is 2.38. The Labute approximate surface area is 147 Å². The Morgan fingerprint density at radius 2 is 2.08 bits per heavy atom. The maximum absolute atomic E-state index is 12.8. The average molecular weight is 344 g/mol. The number of likely N-dealkylation sites (tertiary alicyclic amines) is 1. The molecule has 0 radical (unpaired) electrons. The standard InChI is InChI=1S/C18H24N4O3/c1-25-14-4-6-21(7-5-14)18(24)13-8-15-17(19-9-13)20-10-16(23)22(15)11-12-2-3-12/h8-9,12,14H,2-7,10-11H2,1H3,(H,19,20). The summed E-state index contributed by atoms with van der Waals surface area (Å²) in [6.07, 6.45) is 5.91. The lowest BCUT2D eigenvalue weighted by molar-refractivity contribution is -0.117. The highest BCUT2D eigenvalue weighted by Gasteiger charge is 2.32. The highest BCUT2D eigenvalue weighted by molar-refractivity contribution is 6.04. The van der Waals surface area contributed by atoms with E-state index < -0.39 is 0 Å². The number of amides is 2. The summed E-state index contributed by atoms with van der Waals surface area (Å²) in [7, 11) is 1.72. The molecule has 0 aromatic carbocycles. The number of fused-ring (bicyclic) bond motifs is 1. The van der Waals surface area contributed by atoms with Crippen LogP contribution in [0.1, 0.15) is 36.0 Å². The third-order valence-corrected chi connectivity index (χ3v) is 5.31. The number of nitrogens with one attached hydrogen (secondary N) is 1. The smallest absolute Gasteiger partial charge is 0.255 e. The molecule has 0 bridgehead atoms. The number of piperidine rings is 1. The Bertz CT molecular complexity index is 681. The minimum atomic E-state index is -0.0192. The summed E-state index contributed by atoms with van der Waals surface area (Å²) in [4.78, 5) is 33.2. The monoisotopic (exact) mass is 344 g/mol. The first-order valence-corrected chi connectivity index (χ1v) is 9.02. The number of pyridine rings is 1. The quantitative estimate of drug-likeness (QED) is 0.896. The molecule has 3 aliphatic rings. The predicted octanol–water partition coefficient (Wildman–Crippen LogP) is 1.50. The maximum atomic E-state index is 12.8. The van der Waals surface area contributed by atoms with Crippen LogP contribution in [0.2, 0.25) is 0 Å². The number of methoxy groups -OCH3 is 1. The van der Waals surface area contributed by atoms with Gasteiger partial charge in [0, 0.05) is 32.9 Å². The zero-order valence-electron chi connectivity index (χ0n) is 14.5. The van der Waals surface area contributed by atoms with E-state index in [0.717, 1.165) is 25.1 Å². The topological polar surface area (TPSA) is 74.8 Å². The molecule has 4 rings (SSSR count). The number of anilines is 2. The van der Waals surface area contributed by atoms with E-state index in [1.807, 2.05) is 11.0 Å². The lowest BCUT2D eigenvalue weighted by Gasteiger charge is -2.32. The van der Waals surface area contributed by atoms with Crippen LogP contribution in [0.4, 0.5) is 11.5 Å². The predicted molar refractivity (Wildman–Crippen MR) is 93.7 cm³/mol. The normalized spacial score (nSPS) is 21.1. The van der Waals surface area contributed by atoms with Crippen molar-refractivity contribution in [2.75, 3.05) is 43.5 Å². The van der Waals surface area contributed by atoms with E-state index in [1.165, 1.54) is 12.8 Å². The van der Waals surface area contributed by atoms with Gasteiger partial charge >= 0.3 is 0 Å². The number of ether oxygens (including phenoxy) is 1. The number of nitrogens with zero attached hydrogens (tertiary/aromatic N) is 3. The second-order valence-corrected chi connectivity index (χ2v) is 7.12. The molecule has 3 heterocycles. The van der Waals surface area contributed by atoms with Gasteiger partial charge in [-0.2, -0.15) is 0 Å². The number of aromatic nitrogens is 1. The summed E-state index contributed by atoms with van der Waals surface area (Å²) in [5.41, 5.74) is 1.28. The Morgan fingerprint density at radius 3 is 2.76 bits per heavy atom. The first-order valence-electron chi connectivity index (χ1n) is 9.02. The molecule has 1 saturated carbocycles. The van der Waals surface area contributed by atoms with Crippen molar-refractivity contribution in [1.82, 2.24) is 9.88 Å². The van der Waals surface area contributed by atoms with Crippen LogP contribution in [0.15, 0.2) is 12.3 Å². The van der Waals surface area contributed by atoms with Gasteiger partial charge in [0.05, 0.1) is 23.9 Å². The fraction of sp³-hybridized carbons (Fsp3) is 0.611. The maximum Gasteiger partial charge on any atom is 0.255 e. The van der Waals surface area contributed by atoms with Crippen LogP contribution in [0, 0.1) is 5.92 Å². The molecule has 1 N–H and O–H groups in total. The molecule has 2 aliphatic heterocycles.